The summed E-state index contributed by atoms with van der Waals surface area (Å²) in [5.41, 5.74) is 0.327. The van der Waals surface area contributed by atoms with Crippen LogP contribution in [0.15, 0.2) is 36.4 Å². The fourth-order valence-corrected chi connectivity index (χ4v) is 4.84. The minimum atomic E-state index is -4.65. The SMILES string of the molecule is CC(=O)N(c1cc(Cl)c2nc(C)cc(C)c2c1Oc1cccc(C(F)(F)F)c1)[C@@H]1O[C@H](CO)[C@H](O)[C@@H](O)[C@@H]1O. The third-order valence-corrected chi connectivity index (χ3v) is 6.68. The highest BCUT2D eigenvalue weighted by atomic mass is 35.5. The summed E-state index contributed by atoms with van der Waals surface area (Å²) in [6.45, 7) is 3.79. The summed E-state index contributed by atoms with van der Waals surface area (Å²) in [6.07, 6.45) is -13.0. The smallest absolute Gasteiger partial charge is 0.416 e. The van der Waals surface area contributed by atoms with Crippen molar-refractivity contribution >= 4 is 34.1 Å². The van der Waals surface area contributed by atoms with Crippen LogP contribution in [0.1, 0.15) is 23.7 Å². The van der Waals surface area contributed by atoms with Gasteiger partial charge in [0.2, 0.25) is 5.91 Å². The first-order valence-corrected chi connectivity index (χ1v) is 12.2. The molecule has 1 aromatic heterocycles. The van der Waals surface area contributed by atoms with Crippen LogP contribution < -0.4 is 9.64 Å². The molecule has 2 heterocycles. The number of aryl methyl sites for hydroxylation is 2. The maximum atomic E-state index is 13.4. The monoisotopic (exact) mass is 570 g/mol. The van der Waals surface area contributed by atoms with Crippen LogP contribution in [-0.2, 0) is 15.7 Å². The second-order valence-corrected chi connectivity index (χ2v) is 9.65. The topological polar surface area (TPSA) is 133 Å². The van der Waals surface area contributed by atoms with Gasteiger partial charge in [-0.05, 0) is 49.7 Å². The van der Waals surface area contributed by atoms with E-state index in [4.69, 9.17) is 21.1 Å². The summed E-state index contributed by atoms with van der Waals surface area (Å²) >= 11 is 6.56. The van der Waals surface area contributed by atoms with Gasteiger partial charge in [0.15, 0.2) is 12.0 Å². The molecule has 0 aliphatic carbocycles. The number of rotatable bonds is 5. The number of aliphatic hydroxyl groups excluding tert-OH is 4. The van der Waals surface area contributed by atoms with Crippen LogP contribution in [0.4, 0.5) is 18.9 Å². The molecule has 1 fully saturated rings. The zero-order valence-corrected chi connectivity index (χ0v) is 21.7. The van der Waals surface area contributed by atoms with Crippen LogP contribution in [0.25, 0.3) is 10.9 Å². The number of halogens is 4. The maximum absolute atomic E-state index is 13.4. The Morgan fingerprint density at radius 2 is 1.82 bits per heavy atom. The average Bonchev–Trinajstić information content (AvgIpc) is 2.85. The second-order valence-electron chi connectivity index (χ2n) is 9.25. The van der Waals surface area contributed by atoms with E-state index >= 15 is 0 Å². The highest BCUT2D eigenvalue weighted by Crippen LogP contribution is 2.46. The van der Waals surface area contributed by atoms with Gasteiger partial charge < -0.3 is 29.9 Å². The van der Waals surface area contributed by atoms with Crippen molar-refractivity contribution in [2.24, 2.45) is 0 Å². The van der Waals surface area contributed by atoms with E-state index in [1.807, 2.05) is 0 Å². The number of carbonyl (C=O) groups excluding carboxylic acids is 1. The van der Waals surface area contributed by atoms with Crippen LogP contribution >= 0.6 is 11.6 Å². The number of amides is 1. The summed E-state index contributed by atoms with van der Waals surface area (Å²) in [6, 6.07) is 7.08. The predicted molar refractivity (Wildman–Crippen MR) is 135 cm³/mol. The zero-order chi connectivity index (χ0) is 28.8. The first kappa shape index (κ1) is 29.0. The lowest BCUT2D eigenvalue weighted by molar-refractivity contribution is -0.228. The number of aromatic nitrogens is 1. The Bertz CT molecular complexity index is 1400. The van der Waals surface area contributed by atoms with Crippen molar-refractivity contribution in [3.63, 3.8) is 0 Å². The highest BCUT2D eigenvalue weighted by molar-refractivity contribution is 6.36. The third-order valence-electron chi connectivity index (χ3n) is 6.40. The van der Waals surface area contributed by atoms with E-state index < -0.39 is 54.9 Å². The van der Waals surface area contributed by atoms with E-state index in [9.17, 15) is 38.4 Å². The Hall–Kier alpha value is -3.00. The number of alkyl halides is 3. The molecule has 5 atom stereocenters. The molecule has 9 nitrogen and oxygen atoms in total. The first-order valence-electron chi connectivity index (χ1n) is 11.8. The Balaban J connectivity index is 1.97. The molecule has 4 rings (SSSR count). The lowest BCUT2D eigenvalue weighted by atomic mass is 9.97. The highest BCUT2D eigenvalue weighted by Gasteiger charge is 2.47. The molecule has 3 aromatic rings. The molecule has 1 aliphatic rings. The summed E-state index contributed by atoms with van der Waals surface area (Å²) in [5, 5.41) is 41.3. The van der Waals surface area contributed by atoms with Crippen molar-refractivity contribution in [1.29, 1.82) is 0 Å². The van der Waals surface area contributed by atoms with Gasteiger partial charge in [-0.3, -0.25) is 14.7 Å². The summed E-state index contributed by atoms with van der Waals surface area (Å²) in [4.78, 5) is 18.3. The van der Waals surface area contributed by atoms with Gasteiger partial charge in [0.1, 0.15) is 30.2 Å². The number of hydrogen-bond donors (Lipinski definition) is 4. The molecule has 2 aromatic carbocycles. The maximum Gasteiger partial charge on any atom is 0.416 e. The van der Waals surface area contributed by atoms with Crippen molar-refractivity contribution in [2.45, 2.75) is 57.6 Å². The zero-order valence-electron chi connectivity index (χ0n) is 21.0. The minimum Gasteiger partial charge on any atom is -0.454 e. The van der Waals surface area contributed by atoms with Crippen molar-refractivity contribution in [2.75, 3.05) is 11.5 Å². The molecule has 210 valence electrons. The molecule has 0 bridgehead atoms. The van der Waals surface area contributed by atoms with Gasteiger partial charge in [0.05, 0.1) is 28.4 Å². The quantitative estimate of drug-likeness (QED) is 0.367. The van der Waals surface area contributed by atoms with Crippen LogP contribution in [-0.4, -0.2) is 68.6 Å². The molecule has 0 unspecified atom stereocenters. The Morgan fingerprint density at radius 3 is 2.44 bits per heavy atom. The number of hydrogen-bond acceptors (Lipinski definition) is 8. The van der Waals surface area contributed by atoms with Crippen molar-refractivity contribution in [3.05, 3.63) is 58.2 Å². The van der Waals surface area contributed by atoms with E-state index in [1.165, 1.54) is 12.1 Å². The van der Waals surface area contributed by atoms with Crippen LogP contribution in [0.3, 0.4) is 0 Å². The molecule has 39 heavy (non-hydrogen) atoms. The Morgan fingerprint density at radius 1 is 1.13 bits per heavy atom. The number of ether oxygens (including phenoxy) is 2. The lowest BCUT2D eigenvalue weighted by Crippen LogP contribution is -2.64. The number of benzene rings is 2. The van der Waals surface area contributed by atoms with Gasteiger partial charge in [-0.1, -0.05) is 17.7 Å². The number of carbonyl (C=O) groups is 1. The van der Waals surface area contributed by atoms with E-state index in [-0.39, 0.29) is 33.1 Å². The van der Waals surface area contributed by atoms with Crippen LogP contribution in [0.2, 0.25) is 5.02 Å². The molecular formula is C26H26ClF3N2O7. The normalized spacial score (nSPS) is 23.6. The molecule has 0 spiro atoms. The summed E-state index contributed by atoms with van der Waals surface area (Å²) < 4.78 is 51.9. The lowest BCUT2D eigenvalue weighted by Gasteiger charge is -2.44. The molecule has 1 aliphatic heterocycles. The number of aliphatic hydroxyl groups is 4. The summed E-state index contributed by atoms with van der Waals surface area (Å²) in [7, 11) is 0. The molecular weight excluding hydrogens is 545 g/mol. The fourth-order valence-electron chi connectivity index (χ4n) is 4.60. The molecule has 0 radical (unpaired) electrons. The second kappa shape index (κ2) is 10.9. The van der Waals surface area contributed by atoms with E-state index in [2.05, 4.69) is 4.98 Å². The average molecular weight is 571 g/mol. The number of nitrogens with zero attached hydrogens (tertiary/aromatic N) is 2. The fraction of sp³-hybridized carbons (Fsp3) is 0.385. The van der Waals surface area contributed by atoms with E-state index in [1.54, 1.807) is 19.9 Å². The van der Waals surface area contributed by atoms with Gasteiger partial charge in [-0.2, -0.15) is 13.2 Å². The van der Waals surface area contributed by atoms with Gasteiger partial charge >= 0.3 is 6.18 Å². The predicted octanol–water partition coefficient (Wildman–Crippen LogP) is 3.47. The molecule has 13 heteroatoms. The third kappa shape index (κ3) is 5.53. The van der Waals surface area contributed by atoms with Crippen LogP contribution in [0.5, 0.6) is 11.5 Å². The largest absolute Gasteiger partial charge is 0.454 e. The molecule has 1 amide bonds. The van der Waals surface area contributed by atoms with Crippen molar-refractivity contribution in [3.8, 4) is 11.5 Å². The van der Waals surface area contributed by atoms with Gasteiger partial charge in [-0.15, -0.1) is 0 Å². The van der Waals surface area contributed by atoms with Crippen molar-refractivity contribution < 1.29 is 47.9 Å². The van der Waals surface area contributed by atoms with Crippen LogP contribution in [0, 0.1) is 13.8 Å². The number of fused-ring (bicyclic) bond motifs is 1. The van der Waals surface area contributed by atoms with Gasteiger partial charge in [0.25, 0.3) is 0 Å². The Labute approximate surface area is 226 Å². The molecule has 0 saturated carbocycles. The number of anilines is 1. The molecule has 1 saturated heterocycles. The Kier molecular flexibility index (Phi) is 8.08. The van der Waals surface area contributed by atoms with E-state index in [0.29, 0.717) is 11.3 Å². The van der Waals surface area contributed by atoms with Crippen molar-refractivity contribution in [1.82, 2.24) is 4.98 Å². The van der Waals surface area contributed by atoms with Gasteiger partial charge in [-0.25, -0.2) is 0 Å². The summed E-state index contributed by atoms with van der Waals surface area (Å²) in [5.74, 6) is -1.07. The molecule has 4 N–H and O–H groups in total. The first-order chi connectivity index (χ1) is 18.2. The number of pyridine rings is 1. The standard InChI is InChI=1S/C26H26ClF3N2O7/c1-11-7-12(2)31-20-16(27)9-17(24(19(11)20)38-15-6-4-5-14(8-15)26(28,29)30)32(13(3)34)25-23(37)22(36)21(35)18(10-33)39-25/h4-9,18,21-23,25,33,35-37H,10H2,1-3H3/t18-,21+,22-,23+,25-/m1/s1. The van der Waals surface area contributed by atoms with Gasteiger partial charge in [0, 0.05) is 18.0 Å². The minimum absolute atomic E-state index is 0.0547. The van der Waals surface area contributed by atoms with E-state index in [0.717, 1.165) is 30.0 Å².